The minimum Gasteiger partial charge on any atom is -0.317 e. The van der Waals surface area contributed by atoms with E-state index in [0.29, 0.717) is 5.52 Å². The zero-order valence-corrected chi connectivity index (χ0v) is 22.0. The van der Waals surface area contributed by atoms with Crippen molar-refractivity contribution >= 4 is 43.6 Å². The molecule has 190 valence electrons. The van der Waals surface area contributed by atoms with Crippen molar-refractivity contribution in [1.82, 2.24) is 13.7 Å². The molecule has 0 saturated heterocycles. The maximum absolute atomic E-state index is 13.4. The number of fused-ring (bicyclic) bond motifs is 6. The molecule has 0 aliphatic heterocycles. The van der Waals surface area contributed by atoms with Crippen LogP contribution in [0.25, 0.3) is 66.1 Å². The van der Waals surface area contributed by atoms with Gasteiger partial charge in [0, 0.05) is 46.2 Å². The average Bonchev–Trinajstić information content (AvgIpc) is 3.52. The molecule has 3 heterocycles. The second kappa shape index (κ2) is 8.58. The molecule has 0 aliphatic rings. The Morgan fingerprint density at radius 1 is 0.475 bits per heavy atom. The van der Waals surface area contributed by atoms with Gasteiger partial charge in [0.15, 0.2) is 0 Å². The number of aryl methyl sites for hydroxylation is 1. The lowest BCUT2D eigenvalue weighted by Crippen LogP contribution is -2.17. The molecular weight excluding hydrogens is 490 g/mol. The van der Waals surface area contributed by atoms with Crippen LogP contribution in [0.5, 0.6) is 0 Å². The summed E-state index contributed by atoms with van der Waals surface area (Å²) < 4.78 is 6.08. The van der Waals surface area contributed by atoms with Crippen LogP contribution < -0.4 is 5.56 Å². The van der Waals surface area contributed by atoms with Crippen molar-refractivity contribution < 1.29 is 0 Å². The molecule has 8 rings (SSSR count). The van der Waals surface area contributed by atoms with E-state index in [2.05, 4.69) is 118 Å². The van der Waals surface area contributed by atoms with E-state index in [1.807, 2.05) is 24.4 Å². The number of hydrogen-bond acceptors (Lipinski definition) is 1. The third-order valence-electron chi connectivity index (χ3n) is 8.03. The molecule has 0 spiro atoms. The zero-order valence-electron chi connectivity index (χ0n) is 22.0. The second-order valence-electron chi connectivity index (χ2n) is 10.3. The molecule has 0 unspecified atom stereocenters. The van der Waals surface area contributed by atoms with Crippen molar-refractivity contribution in [2.24, 2.45) is 7.05 Å². The van der Waals surface area contributed by atoms with Crippen LogP contribution in [-0.4, -0.2) is 13.7 Å². The van der Waals surface area contributed by atoms with Gasteiger partial charge in [0.1, 0.15) is 5.52 Å². The van der Waals surface area contributed by atoms with Gasteiger partial charge >= 0.3 is 0 Å². The van der Waals surface area contributed by atoms with Crippen LogP contribution in [0.15, 0.2) is 138 Å². The minimum absolute atomic E-state index is 0.00533. The first-order valence-corrected chi connectivity index (χ1v) is 13.5. The molecule has 4 heteroatoms. The lowest BCUT2D eigenvalue weighted by molar-refractivity contribution is 0.866. The van der Waals surface area contributed by atoms with Crippen molar-refractivity contribution in [3.63, 3.8) is 0 Å². The Balaban J connectivity index is 1.39. The summed E-state index contributed by atoms with van der Waals surface area (Å²) in [5, 5.41) is 4.48. The first kappa shape index (κ1) is 22.6. The van der Waals surface area contributed by atoms with Crippen LogP contribution in [0.4, 0.5) is 0 Å². The fourth-order valence-electron chi connectivity index (χ4n) is 6.15. The van der Waals surface area contributed by atoms with Crippen molar-refractivity contribution in [2.75, 3.05) is 0 Å². The maximum Gasteiger partial charge on any atom is 0.275 e. The van der Waals surface area contributed by atoms with E-state index >= 15 is 0 Å². The van der Waals surface area contributed by atoms with Crippen molar-refractivity contribution in [1.29, 1.82) is 0 Å². The molecular formula is C36H25N3O. The van der Waals surface area contributed by atoms with Crippen LogP contribution in [0.3, 0.4) is 0 Å². The van der Waals surface area contributed by atoms with Crippen molar-refractivity contribution in [3.05, 3.63) is 144 Å². The fourth-order valence-corrected chi connectivity index (χ4v) is 6.15. The van der Waals surface area contributed by atoms with Crippen LogP contribution in [0, 0.1) is 0 Å². The molecule has 0 saturated carbocycles. The summed E-state index contributed by atoms with van der Waals surface area (Å²) in [6.07, 6.45) is 1.86. The molecule has 0 aliphatic carbocycles. The normalized spacial score (nSPS) is 11.7. The molecule has 0 bridgehead atoms. The Kier molecular flexibility index (Phi) is 4.85. The summed E-state index contributed by atoms with van der Waals surface area (Å²) >= 11 is 0. The number of rotatable bonds is 3. The number of aromatic nitrogens is 3. The highest BCUT2D eigenvalue weighted by Crippen LogP contribution is 2.37. The number of para-hydroxylation sites is 3. The van der Waals surface area contributed by atoms with Gasteiger partial charge in [-0.05, 0) is 71.8 Å². The Morgan fingerprint density at radius 3 is 1.68 bits per heavy atom. The van der Waals surface area contributed by atoms with E-state index < -0.39 is 0 Å². The van der Waals surface area contributed by atoms with Crippen LogP contribution in [0.1, 0.15) is 0 Å². The SMILES string of the molecule is Cn1ccc2c3cc(-c4ccc5c(c4)c4ccccc4n5-c4ccccc4)ccc3n(-c3ccccc3)c2c1=O. The zero-order chi connectivity index (χ0) is 26.8. The summed E-state index contributed by atoms with van der Waals surface area (Å²) in [4.78, 5) is 13.4. The van der Waals surface area contributed by atoms with Gasteiger partial charge in [-0.25, -0.2) is 0 Å². The molecule has 5 aromatic carbocycles. The van der Waals surface area contributed by atoms with Gasteiger partial charge < -0.3 is 13.7 Å². The third kappa shape index (κ3) is 3.23. The van der Waals surface area contributed by atoms with Crippen LogP contribution >= 0.6 is 0 Å². The number of pyridine rings is 1. The third-order valence-corrected chi connectivity index (χ3v) is 8.03. The van der Waals surface area contributed by atoms with E-state index in [0.717, 1.165) is 38.8 Å². The quantitative estimate of drug-likeness (QED) is 0.233. The van der Waals surface area contributed by atoms with Gasteiger partial charge in [-0.2, -0.15) is 0 Å². The predicted octanol–water partition coefficient (Wildman–Crippen LogP) is 8.25. The highest BCUT2D eigenvalue weighted by molar-refractivity contribution is 6.12. The van der Waals surface area contributed by atoms with Gasteiger partial charge in [-0.1, -0.05) is 66.7 Å². The Labute approximate surface area is 230 Å². The summed E-state index contributed by atoms with van der Waals surface area (Å²) in [5.74, 6) is 0. The van der Waals surface area contributed by atoms with Gasteiger partial charge in [0.05, 0.1) is 16.6 Å². The summed E-state index contributed by atoms with van der Waals surface area (Å²) in [6.45, 7) is 0. The van der Waals surface area contributed by atoms with Gasteiger partial charge in [0.25, 0.3) is 5.56 Å². The van der Waals surface area contributed by atoms with Crippen LogP contribution in [0.2, 0.25) is 0 Å². The standard InChI is InChI=1S/C36H25N3O/c1-37-21-20-29-31-23-25(17-19-34(31)39(35(29)36(37)40)27-12-6-3-7-13-27)24-16-18-33-30(22-24)28-14-8-9-15-32(28)38(33)26-10-4-2-5-11-26/h2-23H,1H3. The molecule has 0 amide bonds. The molecule has 3 aromatic heterocycles. The van der Waals surface area contributed by atoms with E-state index in [9.17, 15) is 4.79 Å². The molecule has 40 heavy (non-hydrogen) atoms. The monoisotopic (exact) mass is 515 g/mol. The molecule has 0 atom stereocenters. The first-order chi connectivity index (χ1) is 19.7. The Hall–Kier alpha value is -5.35. The molecule has 4 nitrogen and oxygen atoms in total. The first-order valence-electron chi connectivity index (χ1n) is 13.5. The second-order valence-corrected chi connectivity index (χ2v) is 10.3. The highest BCUT2D eigenvalue weighted by atomic mass is 16.1. The smallest absolute Gasteiger partial charge is 0.275 e. The van der Waals surface area contributed by atoms with E-state index in [4.69, 9.17) is 0 Å². The minimum atomic E-state index is -0.00533. The van der Waals surface area contributed by atoms with E-state index in [1.54, 1.807) is 11.6 Å². The fraction of sp³-hybridized carbons (Fsp3) is 0.0278. The number of benzene rings is 5. The van der Waals surface area contributed by atoms with Gasteiger partial charge in [0.2, 0.25) is 0 Å². The van der Waals surface area contributed by atoms with Crippen molar-refractivity contribution in [3.8, 4) is 22.5 Å². The Morgan fingerprint density at radius 2 is 1.00 bits per heavy atom. The Bertz CT molecular complexity index is 2290. The average molecular weight is 516 g/mol. The highest BCUT2D eigenvalue weighted by Gasteiger charge is 2.18. The number of nitrogens with zero attached hydrogens (tertiary/aromatic N) is 3. The molecule has 8 aromatic rings. The summed E-state index contributed by atoms with van der Waals surface area (Å²) in [6, 6.07) is 44.6. The maximum atomic E-state index is 13.4. The summed E-state index contributed by atoms with van der Waals surface area (Å²) in [5.41, 5.74) is 8.49. The molecule has 0 N–H and O–H groups in total. The lowest BCUT2D eigenvalue weighted by Gasteiger charge is -2.09. The van der Waals surface area contributed by atoms with Gasteiger partial charge in [-0.3, -0.25) is 4.79 Å². The van der Waals surface area contributed by atoms with E-state index in [1.165, 1.54) is 21.8 Å². The predicted molar refractivity (Wildman–Crippen MR) is 166 cm³/mol. The molecule has 0 fully saturated rings. The largest absolute Gasteiger partial charge is 0.317 e. The van der Waals surface area contributed by atoms with Crippen molar-refractivity contribution in [2.45, 2.75) is 0 Å². The topological polar surface area (TPSA) is 31.9 Å². The lowest BCUT2D eigenvalue weighted by atomic mass is 10.0. The molecule has 0 radical (unpaired) electrons. The van der Waals surface area contributed by atoms with E-state index in [-0.39, 0.29) is 5.56 Å². The summed E-state index contributed by atoms with van der Waals surface area (Å²) in [7, 11) is 1.81. The number of hydrogen-bond donors (Lipinski definition) is 0. The van der Waals surface area contributed by atoms with Crippen LogP contribution in [-0.2, 0) is 7.05 Å². The van der Waals surface area contributed by atoms with Gasteiger partial charge in [-0.15, -0.1) is 0 Å².